The second kappa shape index (κ2) is 8.82. The van der Waals surface area contributed by atoms with Crippen molar-refractivity contribution in [1.82, 2.24) is 29.6 Å². The fraction of sp³-hybridized carbons (Fsp3) is 0.522. The van der Waals surface area contributed by atoms with Gasteiger partial charge in [-0.1, -0.05) is 13.8 Å². The van der Waals surface area contributed by atoms with Crippen molar-refractivity contribution in [2.45, 2.75) is 59.5 Å². The Morgan fingerprint density at radius 1 is 1.28 bits per heavy atom. The first kappa shape index (κ1) is 22.1. The van der Waals surface area contributed by atoms with Crippen molar-refractivity contribution in [3.8, 4) is 17.3 Å². The highest BCUT2D eigenvalue weighted by atomic mass is 16.5. The van der Waals surface area contributed by atoms with Crippen LogP contribution in [0.5, 0.6) is 5.88 Å². The maximum Gasteiger partial charge on any atom is 0.279 e. The van der Waals surface area contributed by atoms with E-state index < -0.39 is 0 Å². The van der Waals surface area contributed by atoms with Crippen LogP contribution in [0, 0.1) is 0 Å². The Morgan fingerprint density at radius 3 is 2.66 bits per heavy atom. The molecule has 0 aliphatic carbocycles. The number of likely N-dealkylation sites (tertiary alicyclic amines) is 1. The fourth-order valence-corrected chi connectivity index (χ4v) is 4.12. The summed E-state index contributed by atoms with van der Waals surface area (Å²) >= 11 is 0. The van der Waals surface area contributed by atoms with Crippen LogP contribution in [0.25, 0.3) is 22.4 Å². The Labute approximate surface area is 186 Å². The molecule has 9 heteroatoms. The molecule has 0 bridgehead atoms. The average Bonchev–Trinajstić information content (AvgIpc) is 3.09. The number of fused-ring (bicyclic) bond motifs is 1. The zero-order valence-electron chi connectivity index (χ0n) is 19.3. The molecule has 4 heterocycles. The molecule has 3 aromatic rings. The molecule has 9 nitrogen and oxygen atoms in total. The van der Waals surface area contributed by atoms with E-state index in [1.54, 1.807) is 6.07 Å². The summed E-state index contributed by atoms with van der Waals surface area (Å²) in [4.78, 5) is 39.6. The first-order valence-electron chi connectivity index (χ1n) is 11.2. The highest BCUT2D eigenvalue weighted by molar-refractivity contribution is 6.01. The maximum absolute atomic E-state index is 13.0. The number of hydrogen-bond acceptors (Lipinski definition) is 7. The molecule has 32 heavy (non-hydrogen) atoms. The predicted octanol–water partition coefficient (Wildman–Crippen LogP) is 3.00. The van der Waals surface area contributed by atoms with Crippen LogP contribution in [0.4, 0.5) is 0 Å². The van der Waals surface area contributed by atoms with Crippen molar-refractivity contribution in [3.63, 3.8) is 0 Å². The molecular weight excluding hydrogens is 408 g/mol. The van der Waals surface area contributed by atoms with Gasteiger partial charge in [-0.2, -0.15) is 5.10 Å². The monoisotopic (exact) mass is 438 g/mol. The quantitative estimate of drug-likeness (QED) is 0.539. The molecule has 0 spiro atoms. The molecule has 0 amide bonds. The number of hydrogen-bond donors (Lipinski definition) is 1. The fourth-order valence-electron chi connectivity index (χ4n) is 4.12. The van der Waals surface area contributed by atoms with E-state index >= 15 is 0 Å². The largest absolute Gasteiger partial charge is 0.477 e. The van der Waals surface area contributed by atoms with Crippen LogP contribution < -0.4 is 10.3 Å². The first-order chi connectivity index (χ1) is 15.3. The minimum Gasteiger partial charge on any atom is -0.477 e. The van der Waals surface area contributed by atoms with Gasteiger partial charge in [-0.3, -0.25) is 19.2 Å². The predicted molar refractivity (Wildman–Crippen MR) is 122 cm³/mol. The van der Waals surface area contributed by atoms with Crippen molar-refractivity contribution >= 4 is 16.8 Å². The number of nitrogens with one attached hydrogen (secondary N) is 1. The Morgan fingerprint density at radius 2 is 2.03 bits per heavy atom. The summed E-state index contributed by atoms with van der Waals surface area (Å²) in [5.41, 5.74) is 2.29. The smallest absolute Gasteiger partial charge is 0.279 e. The van der Waals surface area contributed by atoms with Crippen LogP contribution in [0.1, 0.15) is 63.1 Å². The van der Waals surface area contributed by atoms with E-state index in [1.165, 1.54) is 13.1 Å². The molecule has 0 unspecified atom stereocenters. The number of Topliss-reactive ketones (excluding diaryl/α,β-unsaturated/α-hetero) is 1. The molecule has 0 atom stereocenters. The van der Waals surface area contributed by atoms with Crippen LogP contribution in [-0.4, -0.2) is 61.2 Å². The Hall–Kier alpha value is -3.07. The van der Waals surface area contributed by atoms with Gasteiger partial charge in [0, 0.05) is 30.9 Å². The normalized spacial score (nSPS) is 14.8. The van der Waals surface area contributed by atoms with E-state index in [4.69, 9.17) is 9.72 Å². The number of ketones is 1. The lowest BCUT2D eigenvalue weighted by atomic mass is 10.1. The number of rotatable bonds is 8. The van der Waals surface area contributed by atoms with Gasteiger partial charge in [0.15, 0.2) is 11.3 Å². The van der Waals surface area contributed by atoms with E-state index in [0.29, 0.717) is 47.1 Å². The topological polar surface area (TPSA) is 106 Å². The van der Waals surface area contributed by atoms with Crippen molar-refractivity contribution in [3.05, 3.63) is 33.9 Å². The van der Waals surface area contributed by atoms with Gasteiger partial charge in [0.2, 0.25) is 5.88 Å². The van der Waals surface area contributed by atoms with E-state index in [2.05, 4.69) is 33.8 Å². The molecular formula is C23H30N6O3. The molecule has 3 aromatic heterocycles. The Kier molecular flexibility index (Phi) is 6.10. The zero-order chi connectivity index (χ0) is 23.0. The average molecular weight is 439 g/mol. The van der Waals surface area contributed by atoms with Crippen LogP contribution in [0.3, 0.4) is 0 Å². The van der Waals surface area contributed by atoms with Gasteiger partial charge in [-0.25, -0.2) is 9.97 Å². The van der Waals surface area contributed by atoms with E-state index in [0.717, 1.165) is 25.2 Å². The third kappa shape index (κ3) is 3.81. The summed E-state index contributed by atoms with van der Waals surface area (Å²) in [7, 11) is 0. The molecule has 1 N–H and O–H groups in total. The number of aromatic amines is 1. The molecule has 1 aliphatic rings. The lowest BCUT2D eigenvalue weighted by Crippen LogP contribution is -2.51. The van der Waals surface area contributed by atoms with Gasteiger partial charge in [0.1, 0.15) is 11.3 Å². The number of nitrogens with zero attached hydrogens (tertiary/aromatic N) is 5. The molecule has 0 saturated carbocycles. The third-order valence-electron chi connectivity index (χ3n) is 5.93. The highest BCUT2D eigenvalue weighted by Crippen LogP contribution is 2.32. The second-order valence-corrected chi connectivity index (χ2v) is 8.50. The van der Waals surface area contributed by atoms with Crippen LogP contribution in [0.2, 0.25) is 0 Å². The zero-order valence-corrected chi connectivity index (χ0v) is 19.3. The molecule has 1 aliphatic heterocycles. The number of carbonyl (C=O) groups excluding carboxylic acids is 1. The van der Waals surface area contributed by atoms with Crippen molar-refractivity contribution < 1.29 is 9.53 Å². The number of aromatic nitrogens is 5. The minimum atomic E-state index is -0.335. The SMILES string of the molecule is CCCOc1nccc(C(C)=O)c1-c1nc2c(CC)n(C3CN(C(C)C)C3)nc2c(=O)[nH]1. The Bertz CT molecular complexity index is 1210. The van der Waals surface area contributed by atoms with Gasteiger partial charge in [0.05, 0.1) is 23.9 Å². The number of aryl methyl sites for hydroxylation is 1. The van der Waals surface area contributed by atoms with E-state index in [-0.39, 0.29) is 23.2 Å². The van der Waals surface area contributed by atoms with Crippen LogP contribution in [0.15, 0.2) is 17.1 Å². The van der Waals surface area contributed by atoms with Gasteiger partial charge in [-0.15, -0.1) is 0 Å². The summed E-state index contributed by atoms with van der Waals surface area (Å²) in [6, 6.07) is 2.32. The lowest BCUT2D eigenvalue weighted by molar-refractivity contribution is 0.0663. The van der Waals surface area contributed by atoms with Crippen molar-refractivity contribution in [2.75, 3.05) is 19.7 Å². The lowest BCUT2D eigenvalue weighted by Gasteiger charge is -2.42. The minimum absolute atomic E-state index is 0.152. The number of H-pyrrole nitrogens is 1. The van der Waals surface area contributed by atoms with Gasteiger partial charge >= 0.3 is 0 Å². The van der Waals surface area contributed by atoms with Gasteiger partial charge in [0.25, 0.3) is 5.56 Å². The summed E-state index contributed by atoms with van der Waals surface area (Å²) in [5, 5.41) is 4.63. The molecule has 1 fully saturated rings. The standard InChI is InChI=1S/C23H30N6O3/c1-6-10-32-23-18(16(14(5)30)8-9-24-23)21-25-19-17(7-2)29(27-20(19)22(31)26-21)15-11-28(12-15)13(3)4/h8-9,13,15H,6-7,10-12H2,1-5H3,(H,25,26,31). The Balaban J connectivity index is 1.86. The van der Waals surface area contributed by atoms with Crippen molar-refractivity contribution in [2.24, 2.45) is 0 Å². The molecule has 0 aromatic carbocycles. The summed E-state index contributed by atoms with van der Waals surface area (Å²) in [5.74, 6) is 0.416. The first-order valence-corrected chi connectivity index (χ1v) is 11.2. The van der Waals surface area contributed by atoms with Gasteiger partial charge < -0.3 is 9.72 Å². The van der Waals surface area contributed by atoms with Crippen LogP contribution >= 0.6 is 0 Å². The third-order valence-corrected chi connectivity index (χ3v) is 5.93. The number of ether oxygens (including phenoxy) is 1. The number of carbonyl (C=O) groups is 1. The van der Waals surface area contributed by atoms with Gasteiger partial charge in [-0.05, 0) is 39.7 Å². The van der Waals surface area contributed by atoms with Crippen LogP contribution in [-0.2, 0) is 6.42 Å². The number of pyridine rings is 1. The second-order valence-electron chi connectivity index (χ2n) is 8.50. The maximum atomic E-state index is 13.0. The molecule has 1 saturated heterocycles. The van der Waals surface area contributed by atoms with Crippen molar-refractivity contribution in [1.29, 1.82) is 0 Å². The summed E-state index contributed by atoms with van der Waals surface area (Å²) in [6.07, 6.45) is 3.01. The molecule has 0 radical (unpaired) electrons. The summed E-state index contributed by atoms with van der Waals surface area (Å²) in [6.45, 7) is 12.1. The molecule has 4 rings (SSSR count). The highest BCUT2D eigenvalue weighted by Gasteiger charge is 2.33. The summed E-state index contributed by atoms with van der Waals surface area (Å²) < 4.78 is 7.75. The van der Waals surface area contributed by atoms with E-state index in [1.807, 2.05) is 18.5 Å². The molecule has 170 valence electrons. The van der Waals surface area contributed by atoms with E-state index in [9.17, 15) is 9.59 Å².